The van der Waals surface area contributed by atoms with E-state index < -0.39 is 45.6 Å². The molecule has 0 fully saturated rings. The molecule has 18 aromatic carbocycles. The van der Waals surface area contributed by atoms with E-state index in [9.17, 15) is 0 Å². The fourth-order valence-electron chi connectivity index (χ4n) is 21.3. The Bertz CT molecular complexity index is 8890. The molecule has 0 amide bonds. The second-order valence-electron chi connectivity index (χ2n) is 38.4. The summed E-state index contributed by atoms with van der Waals surface area (Å²) >= 11 is 3.62. The second-order valence-corrected chi connectivity index (χ2v) is 61.7. The van der Waals surface area contributed by atoms with Gasteiger partial charge in [0.15, 0.2) is 73.8 Å². The van der Waals surface area contributed by atoms with Crippen LogP contribution in [0.15, 0.2) is 441 Å². The van der Waals surface area contributed by atoms with E-state index in [-0.39, 0.29) is 0 Å². The molecule has 0 saturated carbocycles. The van der Waals surface area contributed by atoms with Gasteiger partial charge in [0.25, 0.3) is 0 Å². The summed E-state index contributed by atoms with van der Waals surface area (Å²) < 4.78 is 59.3. The molecule has 0 radical (unpaired) electrons. The van der Waals surface area contributed by atoms with Crippen molar-refractivity contribution in [2.75, 3.05) is 0 Å². The number of thiophene rings is 2. The number of aromatic nitrogens is 9. The van der Waals surface area contributed by atoms with E-state index in [4.69, 9.17) is 49.3 Å². The van der Waals surface area contributed by atoms with Crippen LogP contribution in [-0.4, -0.2) is 69.1 Å². The molecule has 144 heavy (non-hydrogen) atoms. The molecule has 0 spiro atoms. The molecule has 21 heteroatoms. The van der Waals surface area contributed by atoms with Gasteiger partial charge in [0.1, 0.15) is 35.4 Å². The van der Waals surface area contributed by atoms with E-state index in [1.807, 2.05) is 309 Å². The predicted molar refractivity (Wildman–Crippen MR) is 610 cm³/mol. The average molecular weight is 2000 g/mol. The first-order chi connectivity index (χ1) is 70.2. The third-order valence-corrected chi connectivity index (χ3v) is 52.3. The maximum Gasteiger partial charge on any atom is 0.170 e. The number of hydrogen-bond donors (Lipinski definition) is 0. The molecule has 3 aliphatic rings. The minimum atomic E-state index is -3.35. The molecule has 6 aromatic heterocycles. The number of nitrogens with zero attached hydrogens (tertiary/aromatic N) is 9. The van der Waals surface area contributed by atoms with Crippen molar-refractivity contribution in [3.8, 4) is 102 Å². The summed E-state index contributed by atoms with van der Waals surface area (Å²) in [6.45, 7) is 14.3. The van der Waals surface area contributed by atoms with Crippen molar-refractivity contribution in [3.63, 3.8) is 0 Å². The van der Waals surface area contributed by atoms with Crippen LogP contribution in [0, 0.1) is 0 Å². The fraction of sp³-hybridized carbons (Fsp3) is 0.0488. The molecule has 9 heterocycles. The van der Waals surface area contributed by atoms with Crippen molar-refractivity contribution in [2.24, 2.45) is 0 Å². The van der Waals surface area contributed by atoms with Crippen LogP contribution in [0.3, 0.4) is 0 Å². The minimum absolute atomic E-state index is 0.548. The molecule has 24 aromatic rings. The SMILES string of the molecule is C[Si]1(C)c2ccc(-c3nc(-c4ccccc4)nc(-c4ccccc4)n3)cc2P(=O)(c2ccccc2)c2cc3c(cc21)oc1ccccc13.C[Si]1(C)c2ccc(-c3nc(-c4ccccc4)nc(-c4ccccc4)n3)cc2P(=O)(c2ccccc2)c2cc3c(cc21)sc1ccccc13.C[Si]1(C)c2ccccc2P(=O)(c2ccccc2)c2cc3c(cc21)sc1ccc(-c2nc(-c4ccccc4)nc(-c4ccccc4)n2)cc13. The summed E-state index contributed by atoms with van der Waals surface area (Å²) in [5.41, 5.74) is 9.76. The third-order valence-electron chi connectivity index (χ3n) is 28.8. The average Bonchev–Trinajstić information content (AvgIpc) is 1.000. The Morgan fingerprint density at radius 2 is 0.451 bits per heavy atom. The zero-order chi connectivity index (χ0) is 97.4. The molecular weight excluding hydrogens is 1910 g/mol. The largest absolute Gasteiger partial charge is 0.456 e. The van der Waals surface area contributed by atoms with Gasteiger partial charge in [-0.1, -0.05) is 397 Å². The highest BCUT2D eigenvalue weighted by Crippen LogP contribution is 2.52. The second kappa shape index (κ2) is 35.6. The normalized spacial score (nSPS) is 16.5. The summed E-state index contributed by atoms with van der Waals surface area (Å²) in [6.07, 6.45) is 0. The smallest absolute Gasteiger partial charge is 0.170 e. The van der Waals surface area contributed by atoms with E-state index in [1.54, 1.807) is 11.3 Å². The molecule has 0 bridgehead atoms. The van der Waals surface area contributed by atoms with Crippen LogP contribution < -0.4 is 78.9 Å². The van der Waals surface area contributed by atoms with Crippen LogP contribution in [0.1, 0.15) is 0 Å². The molecule has 3 atom stereocenters. The monoisotopic (exact) mass is 2000 g/mol. The Morgan fingerprint density at radius 3 is 0.840 bits per heavy atom. The molecule has 0 saturated heterocycles. The first kappa shape index (κ1) is 89.9. The zero-order valence-corrected chi connectivity index (χ0v) is 86.7. The van der Waals surface area contributed by atoms with Crippen molar-refractivity contribution in [2.45, 2.75) is 39.3 Å². The van der Waals surface area contributed by atoms with Crippen LogP contribution in [0.5, 0.6) is 0 Å². The first-order valence-electron chi connectivity index (χ1n) is 48.2. The number of rotatable bonds is 12. The van der Waals surface area contributed by atoms with Crippen LogP contribution in [0.2, 0.25) is 39.3 Å². The van der Waals surface area contributed by atoms with Gasteiger partial charge in [-0.3, -0.25) is 0 Å². The van der Waals surface area contributed by atoms with Crippen molar-refractivity contribution in [1.29, 1.82) is 0 Å². The van der Waals surface area contributed by atoms with Gasteiger partial charge in [0.05, 0.1) is 0 Å². The predicted octanol–water partition coefficient (Wildman–Crippen LogP) is 23.6. The van der Waals surface area contributed by atoms with E-state index >= 15 is 13.7 Å². The standard InChI is InChI=1S/C41H30N3O2PSi.2C41H30N3OPSSi/c1-48(2)37-23-22-29(41-43-39(27-14-6-3-7-15-27)42-40(44-41)28-16-8-4-9-17-28)24-35(37)47(45,30-18-10-5-11-19-30)36-25-32-31-20-12-13-21-33(31)46-34(32)26-38(36)48;1-48(2)37-21-13-12-20-33(37)46(45,30-18-10-5-11-19-30)34-25-32-31-24-29(22-23-35(31)47-36(32)26-38(34)48)41-43-39(27-14-6-3-7-15-27)42-40(44-41)28-16-8-4-9-17-28;1-48(2)37-23-22-29(41-43-39(27-14-6-3-7-15-27)42-40(44-41)28-16-8-4-9-17-28)24-33(37)46(45,30-18-10-5-11-19-30)34-25-32-31-20-12-13-21-35(31)47-36(32)26-38(34)48/h3*3-26H,1-2H3. The topological polar surface area (TPSA) is 180 Å². The summed E-state index contributed by atoms with van der Waals surface area (Å²) in [5.74, 6) is 5.42. The Labute approximate surface area is 844 Å². The number of fused-ring (bicyclic) bond motifs is 15. The summed E-state index contributed by atoms with van der Waals surface area (Å²) in [4.78, 5) is 44.7. The van der Waals surface area contributed by atoms with Crippen molar-refractivity contribution in [3.05, 3.63) is 437 Å². The van der Waals surface area contributed by atoms with Gasteiger partial charge in [-0.05, 0) is 110 Å². The van der Waals surface area contributed by atoms with Crippen molar-refractivity contribution in [1.82, 2.24) is 44.9 Å². The molecule has 13 nitrogen and oxygen atoms in total. The van der Waals surface area contributed by atoms with Gasteiger partial charge in [-0.2, -0.15) is 0 Å². The van der Waals surface area contributed by atoms with Crippen molar-refractivity contribution < 1.29 is 18.1 Å². The van der Waals surface area contributed by atoms with Gasteiger partial charge in [0.2, 0.25) is 0 Å². The lowest BCUT2D eigenvalue weighted by Gasteiger charge is -2.38. The van der Waals surface area contributed by atoms with Gasteiger partial charge < -0.3 is 18.1 Å². The first-order valence-corrected chi connectivity index (χ1v) is 63.9. The van der Waals surface area contributed by atoms with Crippen LogP contribution in [0.4, 0.5) is 0 Å². The van der Waals surface area contributed by atoms with Crippen LogP contribution in [-0.2, 0) is 13.7 Å². The highest BCUT2D eigenvalue weighted by molar-refractivity contribution is 7.88. The number of benzene rings is 18. The molecular formula is C123H90N9O4P3S2Si3. The van der Waals surface area contributed by atoms with Gasteiger partial charge in [0, 0.05) is 149 Å². The van der Waals surface area contributed by atoms with Crippen LogP contribution in [0.25, 0.3) is 165 Å². The summed E-state index contributed by atoms with van der Waals surface area (Å²) in [6, 6.07) is 148. The highest BCUT2D eigenvalue weighted by atomic mass is 32.1. The molecule has 3 aliphatic heterocycles. The third kappa shape index (κ3) is 15.2. The van der Waals surface area contributed by atoms with E-state index in [0.29, 0.717) is 52.4 Å². The molecule has 3 unspecified atom stereocenters. The Morgan fingerprint density at radius 1 is 0.188 bits per heavy atom. The van der Waals surface area contributed by atoms with Gasteiger partial charge in [-0.15, -0.1) is 22.7 Å². The number of furan rings is 1. The fourth-order valence-corrected chi connectivity index (χ4v) is 48.4. The Kier molecular flexibility index (Phi) is 22.2. The Balaban J connectivity index is 0.000000113. The number of para-hydroxylation sites is 1. The maximum absolute atomic E-state index is 16.2. The van der Waals surface area contributed by atoms with Crippen molar-refractivity contribution >= 4 is 209 Å². The quantitative estimate of drug-likeness (QED) is 0.0833. The molecule has 0 aliphatic carbocycles. The van der Waals surface area contributed by atoms with Crippen LogP contribution >= 0.6 is 44.1 Å². The van der Waals surface area contributed by atoms with Gasteiger partial charge in [-0.25, -0.2) is 44.9 Å². The van der Waals surface area contributed by atoms with E-state index in [2.05, 4.69) is 179 Å². The number of hydrogen-bond acceptors (Lipinski definition) is 15. The highest BCUT2D eigenvalue weighted by Gasteiger charge is 2.50. The lowest BCUT2D eigenvalue weighted by atomic mass is 10.1. The van der Waals surface area contributed by atoms with E-state index in [1.165, 1.54) is 50.3 Å². The molecule has 690 valence electrons. The lowest BCUT2D eigenvalue weighted by Crippen LogP contribution is -2.67. The Hall–Kier alpha value is -15.4. The minimum Gasteiger partial charge on any atom is -0.456 e. The zero-order valence-electron chi connectivity index (χ0n) is 79.4. The lowest BCUT2D eigenvalue weighted by molar-refractivity contribution is 0.591. The summed E-state index contributed by atoms with van der Waals surface area (Å²) in [5, 5.41) is 22.1. The van der Waals surface area contributed by atoms with E-state index in [0.717, 1.165) is 141 Å². The molecule has 27 rings (SSSR count). The molecule has 0 N–H and O–H groups in total. The maximum atomic E-state index is 16.2. The summed E-state index contributed by atoms with van der Waals surface area (Å²) in [7, 11) is -16.6. The van der Waals surface area contributed by atoms with Gasteiger partial charge >= 0.3 is 0 Å².